The van der Waals surface area contributed by atoms with Gasteiger partial charge in [-0.3, -0.25) is 0 Å². The Balaban J connectivity index is 0.00000200. The second-order valence-electron chi connectivity index (χ2n) is 4.87. The quantitative estimate of drug-likeness (QED) is 0.482. The van der Waals surface area contributed by atoms with E-state index >= 15 is 0 Å². The molecule has 2 aliphatic carbocycles. The van der Waals surface area contributed by atoms with Gasteiger partial charge in [0.15, 0.2) is 0 Å². The topological polar surface area (TPSA) is 40.5 Å². The molecule has 0 aromatic rings. The molecule has 0 radical (unpaired) electrons. The Morgan fingerprint density at radius 1 is 0.952 bits per heavy atom. The number of rotatable bonds is 6. The average Bonchev–Trinajstić information content (AvgIpc) is 3.03. The molecule has 0 fully saturated rings. The molecular formula is C16H22Cl2O2Zr. The van der Waals surface area contributed by atoms with Crippen LogP contribution in [0, 0.1) is 0 Å². The molecule has 5 heteroatoms. The molecular weight excluding hydrogens is 386 g/mol. The SMILES string of the molecule is C[CH]=[Zr+2]([C]1=C(CCO)C=CC1)[C]1=C(CCO)C=CC1.[Cl-].[Cl-]. The maximum atomic E-state index is 9.19. The molecule has 21 heavy (non-hydrogen) atoms. The van der Waals surface area contributed by atoms with Crippen molar-refractivity contribution in [2.45, 2.75) is 32.6 Å². The number of hydrogen-bond acceptors (Lipinski definition) is 2. The summed E-state index contributed by atoms with van der Waals surface area (Å²) < 4.78 is 5.68. The first-order valence-corrected chi connectivity index (χ1v) is 10.9. The molecule has 0 aromatic heterocycles. The zero-order chi connectivity index (χ0) is 13.7. The van der Waals surface area contributed by atoms with Gasteiger partial charge in [0, 0.05) is 0 Å². The van der Waals surface area contributed by atoms with Crippen molar-refractivity contribution >= 4 is 3.71 Å². The van der Waals surface area contributed by atoms with Gasteiger partial charge in [-0.15, -0.1) is 0 Å². The first kappa shape index (κ1) is 21.2. The molecule has 0 spiro atoms. The molecule has 0 amide bonds. The Labute approximate surface area is 147 Å². The van der Waals surface area contributed by atoms with Crippen molar-refractivity contribution in [2.75, 3.05) is 13.2 Å². The molecule has 0 unspecified atom stereocenters. The summed E-state index contributed by atoms with van der Waals surface area (Å²) in [6.07, 6.45) is 12.6. The summed E-state index contributed by atoms with van der Waals surface area (Å²) >= 11 is -1.86. The largest absolute Gasteiger partial charge is 1.00 e. The van der Waals surface area contributed by atoms with Gasteiger partial charge in [-0.05, 0) is 0 Å². The van der Waals surface area contributed by atoms with Crippen LogP contribution in [0.1, 0.15) is 32.6 Å². The zero-order valence-electron chi connectivity index (χ0n) is 12.3. The van der Waals surface area contributed by atoms with Gasteiger partial charge in [-0.2, -0.15) is 0 Å². The van der Waals surface area contributed by atoms with E-state index in [-0.39, 0.29) is 38.0 Å². The van der Waals surface area contributed by atoms with E-state index in [0.717, 1.165) is 25.7 Å². The Hall–Kier alpha value is 0.213. The summed E-state index contributed by atoms with van der Waals surface area (Å²) in [5, 5.41) is 18.4. The van der Waals surface area contributed by atoms with Crippen LogP contribution in [0.25, 0.3) is 0 Å². The fourth-order valence-electron chi connectivity index (χ4n) is 2.91. The molecule has 116 valence electrons. The van der Waals surface area contributed by atoms with E-state index in [4.69, 9.17) is 0 Å². The molecule has 0 saturated carbocycles. The Bertz CT molecular complexity index is 460. The number of halogens is 2. The van der Waals surface area contributed by atoms with Crippen LogP contribution in [-0.2, 0) is 21.3 Å². The molecule has 2 rings (SSSR count). The van der Waals surface area contributed by atoms with Crippen LogP contribution in [0.2, 0.25) is 0 Å². The van der Waals surface area contributed by atoms with E-state index in [0.29, 0.717) is 0 Å². The Morgan fingerprint density at radius 3 is 1.71 bits per heavy atom. The van der Waals surface area contributed by atoms with Crippen LogP contribution < -0.4 is 24.8 Å². The summed E-state index contributed by atoms with van der Waals surface area (Å²) in [5.74, 6) is 0. The van der Waals surface area contributed by atoms with Crippen LogP contribution in [0.4, 0.5) is 0 Å². The van der Waals surface area contributed by atoms with Crippen molar-refractivity contribution in [3.8, 4) is 0 Å². The fourth-order valence-corrected chi connectivity index (χ4v) is 9.90. The second-order valence-corrected chi connectivity index (χ2v) is 11.3. The van der Waals surface area contributed by atoms with E-state index in [9.17, 15) is 10.2 Å². The van der Waals surface area contributed by atoms with Gasteiger partial charge < -0.3 is 24.8 Å². The minimum atomic E-state index is -1.86. The third-order valence-electron chi connectivity index (χ3n) is 3.76. The third-order valence-corrected chi connectivity index (χ3v) is 11.0. The summed E-state index contributed by atoms with van der Waals surface area (Å²) in [4.78, 5) is 0. The normalized spacial score (nSPS) is 15.7. The third kappa shape index (κ3) is 5.11. The number of aliphatic hydroxyl groups excluding tert-OH is 2. The minimum Gasteiger partial charge on any atom is -1.00 e. The first-order valence-electron chi connectivity index (χ1n) is 6.97. The number of allylic oxidation sites excluding steroid dienone is 6. The van der Waals surface area contributed by atoms with Crippen LogP contribution >= 0.6 is 0 Å². The van der Waals surface area contributed by atoms with Gasteiger partial charge >= 0.3 is 123 Å². The van der Waals surface area contributed by atoms with Crippen molar-refractivity contribution in [1.82, 2.24) is 0 Å². The molecule has 0 aliphatic heterocycles. The van der Waals surface area contributed by atoms with Crippen molar-refractivity contribution < 1.29 is 56.3 Å². The van der Waals surface area contributed by atoms with E-state index in [1.807, 2.05) is 0 Å². The molecule has 0 saturated heterocycles. The van der Waals surface area contributed by atoms with E-state index in [1.165, 1.54) is 11.1 Å². The maximum Gasteiger partial charge on any atom is -1.00 e. The van der Waals surface area contributed by atoms with Gasteiger partial charge in [0.25, 0.3) is 0 Å². The standard InChI is InChI=1S/2C7H9O.C2H4.2ClH.Zr/c2*8-6-5-7-3-1-2-4-7;1-2;;;/h2*1,3,8H,2,5-6H2;1H,2H3;2*1H;/q;;;;;+2/p-2. The Kier molecular flexibility index (Phi) is 11.0. The van der Waals surface area contributed by atoms with Gasteiger partial charge in [0.05, 0.1) is 0 Å². The van der Waals surface area contributed by atoms with Crippen LogP contribution in [-0.4, -0.2) is 27.1 Å². The fraction of sp³-hybridized carbons (Fsp3) is 0.438. The van der Waals surface area contributed by atoms with Gasteiger partial charge in [-0.25, -0.2) is 0 Å². The van der Waals surface area contributed by atoms with Gasteiger partial charge in [0.1, 0.15) is 0 Å². The smallest absolute Gasteiger partial charge is 1.00 e. The number of aliphatic hydroxyl groups is 2. The summed E-state index contributed by atoms with van der Waals surface area (Å²) in [6, 6.07) is 0. The van der Waals surface area contributed by atoms with E-state index in [2.05, 4.69) is 34.9 Å². The summed E-state index contributed by atoms with van der Waals surface area (Å²) in [5.41, 5.74) is 2.75. The molecule has 0 atom stereocenters. The van der Waals surface area contributed by atoms with E-state index in [1.54, 1.807) is 6.56 Å². The molecule has 0 aromatic carbocycles. The predicted octanol–water partition coefficient (Wildman–Crippen LogP) is -3.37. The van der Waals surface area contributed by atoms with Crippen molar-refractivity contribution in [3.05, 3.63) is 42.0 Å². The maximum absolute atomic E-state index is 9.19. The van der Waals surface area contributed by atoms with Gasteiger partial charge in [0.2, 0.25) is 0 Å². The second kappa shape index (κ2) is 10.9. The molecule has 0 bridgehead atoms. The van der Waals surface area contributed by atoms with Crippen LogP contribution in [0.15, 0.2) is 42.0 Å². The van der Waals surface area contributed by atoms with Crippen LogP contribution in [0.3, 0.4) is 0 Å². The predicted molar refractivity (Wildman–Crippen MR) is 76.7 cm³/mol. The zero-order valence-corrected chi connectivity index (χ0v) is 16.2. The first-order chi connectivity index (χ1) is 9.31. The van der Waals surface area contributed by atoms with E-state index < -0.39 is 21.3 Å². The van der Waals surface area contributed by atoms with Crippen molar-refractivity contribution in [1.29, 1.82) is 0 Å². The van der Waals surface area contributed by atoms with Crippen LogP contribution in [0.5, 0.6) is 0 Å². The van der Waals surface area contributed by atoms with Crippen molar-refractivity contribution in [2.24, 2.45) is 0 Å². The summed E-state index contributed by atoms with van der Waals surface area (Å²) in [6.45, 7) is 2.67. The number of hydrogen-bond donors (Lipinski definition) is 2. The molecule has 0 heterocycles. The summed E-state index contributed by atoms with van der Waals surface area (Å²) in [7, 11) is 0. The average molecular weight is 408 g/mol. The van der Waals surface area contributed by atoms with Gasteiger partial charge in [-0.1, -0.05) is 0 Å². The molecule has 2 N–H and O–H groups in total. The monoisotopic (exact) mass is 406 g/mol. The molecule has 2 aliphatic rings. The van der Waals surface area contributed by atoms with Crippen molar-refractivity contribution in [3.63, 3.8) is 0 Å². The minimum absolute atomic E-state index is 0. The molecule has 2 nitrogen and oxygen atoms in total. The Morgan fingerprint density at radius 2 is 1.38 bits per heavy atom.